The van der Waals surface area contributed by atoms with Gasteiger partial charge in [0.25, 0.3) is 0 Å². The van der Waals surface area contributed by atoms with Gasteiger partial charge in [0.2, 0.25) is 0 Å². The van der Waals surface area contributed by atoms with Crippen molar-refractivity contribution in [3.63, 3.8) is 0 Å². The Morgan fingerprint density at radius 1 is 1.67 bits per heavy atom. The smallest absolute Gasteiger partial charge is 0.408 e. The van der Waals surface area contributed by atoms with E-state index in [4.69, 9.17) is 17.0 Å². The standard InChI is InChI=1S/C12H20N2O2S2/c1-5-10-14(6-7-18-10)9(17)8-13-11(15)16-12(2,3)4/h5,10H,1,6-8H2,2-4H3,(H,13,15)/t10-/m1/s1. The van der Waals surface area contributed by atoms with Gasteiger partial charge in [0.1, 0.15) is 5.60 Å². The van der Waals surface area contributed by atoms with Crippen molar-refractivity contribution in [2.45, 2.75) is 31.7 Å². The number of thiocarbonyl (C=S) groups is 1. The topological polar surface area (TPSA) is 41.6 Å². The second kappa shape index (κ2) is 6.43. The van der Waals surface area contributed by atoms with Crippen LogP contribution in [0, 0.1) is 0 Å². The summed E-state index contributed by atoms with van der Waals surface area (Å²) in [5.41, 5.74) is -0.487. The number of carbonyl (C=O) groups is 1. The highest BCUT2D eigenvalue weighted by Crippen LogP contribution is 2.24. The fourth-order valence-electron chi connectivity index (χ4n) is 1.51. The lowest BCUT2D eigenvalue weighted by Gasteiger charge is -2.25. The molecule has 6 heteroatoms. The van der Waals surface area contributed by atoms with Crippen LogP contribution in [0.2, 0.25) is 0 Å². The molecule has 18 heavy (non-hydrogen) atoms. The summed E-state index contributed by atoms with van der Waals surface area (Å²) >= 11 is 7.11. The first kappa shape index (κ1) is 15.3. The largest absolute Gasteiger partial charge is 0.444 e. The number of alkyl carbamates (subject to hydrolysis) is 1. The number of ether oxygens (including phenoxy) is 1. The molecule has 1 atom stereocenters. The summed E-state index contributed by atoms with van der Waals surface area (Å²) in [6.07, 6.45) is 1.43. The first-order valence-corrected chi connectivity index (χ1v) is 7.29. The molecule has 4 nitrogen and oxygen atoms in total. The molecule has 1 fully saturated rings. The van der Waals surface area contributed by atoms with E-state index < -0.39 is 11.7 Å². The molecule has 1 rings (SSSR count). The number of hydrogen-bond donors (Lipinski definition) is 1. The number of nitrogens with one attached hydrogen (secondary N) is 1. The Kier molecular flexibility index (Phi) is 5.47. The lowest BCUT2D eigenvalue weighted by atomic mass is 10.2. The maximum atomic E-state index is 11.5. The van der Waals surface area contributed by atoms with Crippen molar-refractivity contribution in [2.24, 2.45) is 0 Å². The van der Waals surface area contributed by atoms with E-state index in [0.29, 0.717) is 6.54 Å². The summed E-state index contributed by atoms with van der Waals surface area (Å²) in [5.74, 6) is 1.03. The number of hydrogen-bond acceptors (Lipinski definition) is 4. The third-order valence-corrected chi connectivity index (χ3v) is 3.82. The van der Waals surface area contributed by atoms with Crippen LogP contribution in [0.25, 0.3) is 0 Å². The molecule has 1 aliphatic rings. The van der Waals surface area contributed by atoms with Crippen molar-refractivity contribution in [3.8, 4) is 0 Å². The summed E-state index contributed by atoms with van der Waals surface area (Å²) in [6, 6.07) is 0. The van der Waals surface area contributed by atoms with Crippen LogP contribution in [0.3, 0.4) is 0 Å². The van der Waals surface area contributed by atoms with Gasteiger partial charge in [-0.3, -0.25) is 0 Å². The van der Waals surface area contributed by atoms with Gasteiger partial charge in [0.05, 0.1) is 16.9 Å². The van der Waals surface area contributed by atoms with Crippen LogP contribution >= 0.6 is 24.0 Å². The highest BCUT2D eigenvalue weighted by Gasteiger charge is 2.25. The van der Waals surface area contributed by atoms with E-state index in [-0.39, 0.29) is 5.37 Å². The van der Waals surface area contributed by atoms with Crippen LogP contribution < -0.4 is 5.32 Å². The molecule has 0 aliphatic carbocycles. The van der Waals surface area contributed by atoms with Gasteiger partial charge in [0.15, 0.2) is 0 Å². The normalized spacial score (nSPS) is 19.5. The second-order valence-corrected chi connectivity index (χ2v) is 6.64. The van der Waals surface area contributed by atoms with Crippen molar-refractivity contribution < 1.29 is 9.53 Å². The Bertz CT molecular complexity index is 339. The molecule has 0 spiro atoms. The lowest BCUT2D eigenvalue weighted by molar-refractivity contribution is 0.0535. The highest BCUT2D eigenvalue weighted by molar-refractivity contribution is 8.00. The summed E-state index contributed by atoms with van der Waals surface area (Å²) in [5, 5.41) is 2.89. The molecule has 0 saturated carbocycles. The quantitative estimate of drug-likeness (QED) is 0.638. The predicted molar refractivity (Wildman–Crippen MR) is 80.0 cm³/mol. The van der Waals surface area contributed by atoms with Crippen LogP contribution in [-0.4, -0.2) is 45.8 Å². The second-order valence-electron chi connectivity index (χ2n) is 4.94. The number of amides is 1. The molecular weight excluding hydrogens is 268 g/mol. The summed E-state index contributed by atoms with van der Waals surface area (Å²) in [4.78, 5) is 14.3. The van der Waals surface area contributed by atoms with Gasteiger partial charge in [-0.25, -0.2) is 4.79 Å². The van der Waals surface area contributed by atoms with Crippen LogP contribution in [0.5, 0.6) is 0 Å². The van der Waals surface area contributed by atoms with Gasteiger partial charge >= 0.3 is 6.09 Å². The molecule has 1 heterocycles. The van der Waals surface area contributed by atoms with Crippen LogP contribution in [0.4, 0.5) is 4.79 Å². The van der Waals surface area contributed by atoms with Gasteiger partial charge in [-0.1, -0.05) is 18.3 Å². The van der Waals surface area contributed by atoms with Crippen molar-refractivity contribution in [1.82, 2.24) is 10.2 Å². The van der Waals surface area contributed by atoms with Gasteiger partial charge in [-0.2, -0.15) is 0 Å². The fourth-order valence-corrected chi connectivity index (χ4v) is 2.95. The minimum atomic E-state index is -0.487. The van der Waals surface area contributed by atoms with Gasteiger partial charge in [-0.15, -0.1) is 18.3 Å². The maximum Gasteiger partial charge on any atom is 0.408 e. The van der Waals surface area contributed by atoms with Crippen LogP contribution in [-0.2, 0) is 4.74 Å². The van der Waals surface area contributed by atoms with Crippen LogP contribution in [0.1, 0.15) is 20.8 Å². The minimum Gasteiger partial charge on any atom is -0.444 e. The number of carbonyl (C=O) groups excluding carboxylic acids is 1. The number of rotatable bonds is 3. The molecule has 0 unspecified atom stereocenters. The zero-order chi connectivity index (χ0) is 13.8. The van der Waals surface area contributed by atoms with E-state index in [0.717, 1.165) is 17.3 Å². The van der Waals surface area contributed by atoms with E-state index in [1.54, 1.807) is 11.8 Å². The molecule has 0 aromatic rings. The zero-order valence-electron chi connectivity index (χ0n) is 11.1. The van der Waals surface area contributed by atoms with E-state index in [1.807, 2.05) is 26.8 Å². The summed E-state index contributed by atoms with van der Waals surface area (Å²) < 4.78 is 5.15. The van der Waals surface area contributed by atoms with E-state index in [9.17, 15) is 4.79 Å². The third kappa shape index (κ3) is 4.86. The molecule has 0 radical (unpaired) electrons. The van der Waals surface area contributed by atoms with E-state index in [2.05, 4.69) is 16.8 Å². The predicted octanol–water partition coefficient (Wildman–Crippen LogP) is 2.40. The molecule has 102 valence electrons. The number of nitrogens with zero attached hydrogens (tertiary/aromatic N) is 1. The van der Waals surface area contributed by atoms with Crippen molar-refractivity contribution >= 4 is 35.1 Å². The zero-order valence-corrected chi connectivity index (χ0v) is 12.7. The highest BCUT2D eigenvalue weighted by atomic mass is 32.2. The molecular formula is C12H20N2O2S2. The Labute approximate surface area is 118 Å². The number of thioether (sulfide) groups is 1. The molecule has 0 bridgehead atoms. The monoisotopic (exact) mass is 288 g/mol. The summed E-state index contributed by atoms with van der Waals surface area (Å²) in [7, 11) is 0. The fraction of sp³-hybridized carbons (Fsp3) is 0.667. The average molecular weight is 288 g/mol. The van der Waals surface area contributed by atoms with Crippen molar-refractivity contribution in [1.29, 1.82) is 0 Å². The minimum absolute atomic E-state index is 0.220. The summed E-state index contributed by atoms with van der Waals surface area (Å²) in [6.45, 7) is 10.5. The Morgan fingerprint density at radius 2 is 2.33 bits per heavy atom. The first-order chi connectivity index (χ1) is 8.33. The molecule has 0 aromatic carbocycles. The Balaban J connectivity index is 2.37. The van der Waals surface area contributed by atoms with Gasteiger partial charge in [-0.05, 0) is 20.8 Å². The Hall–Kier alpha value is -0.750. The molecule has 0 aromatic heterocycles. The maximum absolute atomic E-state index is 11.5. The lowest BCUT2D eigenvalue weighted by Crippen LogP contribution is -2.42. The molecule has 1 saturated heterocycles. The average Bonchev–Trinajstić information content (AvgIpc) is 2.71. The van der Waals surface area contributed by atoms with Crippen LogP contribution in [0.15, 0.2) is 12.7 Å². The molecule has 1 aliphatic heterocycles. The van der Waals surface area contributed by atoms with Gasteiger partial charge < -0.3 is 15.0 Å². The third-order valence-electron chi connectivity index (χ3n) is 2.23. The molecule has 1 amide bonds. The van der Waals surface area contributed by atoms with Crippen molar-refractivity contribution in [3.05, 3.63) is 12.7 Å². The van der Waals surface area contributed by atoms with E-state index >= 15 is 0 Å². The Morgan fingerprint density at radius 3 is 2.89 bits per heavy atom. The SMILES string of the molecule is C=C[C@H]1SCCN1C(=S)CNC(=O)OC(C)(C)C. The molecule has 1 N–H and O–H groups in total. The van der Waals surface area contributed by atoms with Gasteiger partial charge in [0, 0.05) is 12.3 Å². The van der Waals surface area contributed by atoms with E-state index in [1.165, 1.54) is 0 Å². The first-order valence-electron chi connectivity index (χ1n) is 5.84. The van der Waals surface area contributed by atoms with Crippen molar-refractivity contribution in [2.75, 3.05) is 18.8 Å².